The predicted molar refractivity (Wildman–Crippen MR) is 123 cm³/mol. The topological polar surface area (TPSA) is 85.4 Å². The Labute approximate surface area is 192 Å². The lowest BCUT2D eigenvalue weighted by atomic mass is 10.1. The number of aromatic amines is 1. The molecule has 3 heterocycles. The van der Waals surface area contributed by atoms with Gasteiger partial charge in [-0.05, 0) is 67.3 Å². The molecule has 1 aliphatic rings. The van der Waals surface area contributed by atoms with Crippen LogP contribution in [0.4, 0.5) is 19.1 Å². The molecule has 0 aliphatic heterocycles. The van der Waals surface area contributed by atoms with Gasteiger partial charge in [-0.25, -0.2) is 28.1 Å². The molecular weight excluding hydrogens is 441 g/mol. The van der Waals surface area contributed by atoms with Gasteiger partial charge in [0.2, 0.25) is 5.95 Å². The van der Waals surface area contributed by atoms with Gasteiger partial charge in [0.25, 0.3) is 0 Å². The van der Waals surface area contributed by atoms with Crippen LogP contribution < -0.4 is 5.73 Å². The number of fused-ring (bicyclic) bond motifs is 1. The lowest BCUT2D eigenvalue weighted by Crippen LogP contribution is -2.05. The maximum atomic E-state index is 14.5. The highest BCUT2D eigenvalue weighted by atomic mass is 19.1. The van der Waals surface area contributed by atoms with Gasteiger partial charge in [0.1, 0.15) is 28.8 Å². The number of benzene rings is 2. The number of hydrogen-bond acceptors (Lipinski definition) is 4. The monoisotopic (exact) mass is 460 g/mol. The average Bonchev–Trinajstić information content (AvgIpc) is 3.46. The van der Waals surface area contributed by atoms with Crippen LogP contribution in [0.15, 0.2) is 54.6 Å². The molecule has 34 heavy (non-hydrogen) atoms. The van der Waals surface area contributed by atoms with Crippen molar-refractivity contribution in [1.29, 1.82) is 0 Å². The molecule has 9 heteroatoms. The van der Waals surface area contributed by atoms with Crippen molar-refractivity contribution < 1.29 is 13.2 Å². The summed E-state index contributed by atoms with van der Waals surface area (Å²) in [7, 11) is 0. The quantitative estimate of drug-likeness (QED) is 0.359. The van der Waals surface area contributed by atoms with E-state index in [0.29, 0.717) is 45.7 Å². The molecule has 1 aliphatic carbocycles. The minimum atomic E-state index is -0.746. The summed E-state index contributed by atoms with van der Waals surface area (Å²) in [5.74, 6) is -0.931. The number of nitrogens with one attached hydrogen (secondary N) is 1. The Morgan fingerprint density at radius 1 is 0.912 bits per heavy atom. The van der Waals surface area contributed by atoms with Gasteiger partial charge in [-0.2, -0.15) is 0 Å². The molecule has 0 spiro atoms. The number of aromatic nitrogens is 5. The van der Waals surface area contributed by atoms with Gasteiger partial charge in [0.15, 0.2) is 5.65 Å². The molecule has 2 aromatic carbocycles. The normalized spacial score (nSPS) is 13.6. The molecule has 0 radical (unpaired) electrons. The van der Waals surface area contributed by atoms with E-state index in [1.807, 2.05) is 4.57 Å². The number of nitrogen functional groups attached to an aromatic ring is 1. The highest BCUT2D eigenvalue weighted by molar-refractivity contribution is 5.83. The maximum Gasteiger partial charge on any atom is 0.202 e. The van der Waals surface area contributed by atoms with E-state index in [1.165, 1.54) is 30.3 Å². The number of H-pyrrole nitrogens is 1. The number of halogens is 3. The Balaban J connectivity index is 1.55. The zero-order valence-corrected chi connectivity index (χ0v) is 17.9. The lowest BCUT2D eigenvalue weighted by Gasteiger charge is -2.06. The summed E-state index contributed by atoms with van der Waals surface area (Å²) in [5, 5.41) is 0. The predicted octanol–water partition coefficient (Wildman–Crippen LogP) is 5.56. The SMILES string of the molecule is Nc1nc2ccc(-c3[nH]c(-c4c(F)cccc4F)nc3-c3ccc(F)cc3)nc2n1CC1CC1. The fourth-order valence-electron chi connectivity index (χ4n) is 4.11. The second-order valence-electron chi connectivity index (χ2n) is 8.48. The summed E-state index contributed by atoms with van der Waals surface area (Å²) in [4.78, 5) is 16.7. The zero-order chi connectivity index (χ0) is 23.4. The standard InChI is InChI=1S/C25H19F3N6/c26-15-8-6-14(7-9-15)21-22(33-23(32-21)20-16(27)2-1-3-17(20)28)18-10-11-19-24(30-18)34(25(29)31-19)12-13-4-5-13/h1-3,6-11,13H,4-5,12H2,(H2,29,31)(H,32,33). The minimum Gasteiger partial charge on any atom is -0.369 e. The maximum absolute atomic E-state index is 14.5. The van der Waals surface area contributed by atoms with Crippen molar-refractivity contribution in [1.82, 2.24) is 24.5 Å². The first-order valence-electron chi connectivity index (χ1n) is 10.9. The molecule has 0 saturated heterocycles. The first-order chi connectivity index (χ1) is 16.5. The van der Waals surface area contributed by atoms with Crippen LogP contribution in [0.3, 0.4) is 0 Å². The molecule has 0 atom stereocenters. The van der Waals surface area contributed by atoms with Crippen molar-refractivity contribution in [2.24, 2.45) is 5.92 Å². The van der Waals surface area contributed by atoms with Crippen LogP contribution >= 0.6 is 0 Å². The van der Waals surface area contributed by atoms with Crippen LogP contribution in [-0.4, -0.2) is 24.5 Å². The Kier molecular flexibility index (Phi) is 4.65. The van der Waals surface area contributed by atoms with E-state index in [4.69, 9.17) is 10.7 Å². The smallest absolute Gasteiger partial charge is 0.202 e. The van der Waals surface area contributed by atoms with Gasteiger partial charge in [0, 0.05) is 12.1 Å². The number of hydrogen-bond donors (Lipinski definition) is 2. The van der Waals surface area contributed by atoms with Crippen molar-refractivity contribution in [2.75, 3.05) is 5.73 Å². The first kappa shape index (κ1) is 20.5. The second-order valence-corrected chi connectivity index (χ2v) is 8.48. The van der Waals surface area contributed by atoms with Crippen LogP contribution in [0.25, 0.3) is 45.2 Å². The average molecular weight is 460 g/mol. The van der Waals surface area contributed by atoms with Crippen LogP contribution in [0, 0.1) is 23.4 Å². The Morgan fingerprint density at radius 2 is 1.65 bits per heavy atom. The molecule has 0 amide bonds. The minimum absolute atomic E-state index is 0.0119. The van der Waals surface area contributed by atoms with E-state index in [-0.39, 0.29) is 11.4 Å². The summed E-state index contributed by atoms with van der Waals surface area (Å²) in [6.07, 6.45) is 2.29. The van der Waals surface area contributed by atoms with Gasteiger partial charge in [0.05, 0.1) is 22.6 Å². The van der Waals surface area contributed by atoms with Crippen molar-refractivity contribution in [2.45, 2.75) is 19.4 Å². The number of pyridine rings is 1. The van der Waals surface area contributed by atoms with E-state index in [2.05, 4.69) is 15.0 Å². The van der Waals surface area contributed by atoms with Crippen molar-refractivity contribution in [3.8, 4) is 34.0 Å². The lowest BCUT2D eigenvalue weighted by molar-refractivity contribution is 0.588. The molecule has 6 nitrogen and oxygen atoms in total. The van der Waals surface area contributed by atoms with E-state index < -0.39 is 17.5 Å². The molecule has 0 bridgehead atoms. The van der Waals surface area contributed by atoms with Gasteiger partial charge in [-0.3, -0.25) is 4.57 Å². The third kappa shape index (κ3) is 3.49. The zero-order valence-electron chi connectivity index (χ0n) is 17.9. The number of anilines is 1. The fraction of sp³-hybridized carbons (Fsp3) is 0.160. The van der Waals surface area contributed by atoms with E-state index in [0.717, 1.165) is 19.4 Å². The van der Waals surface area contributed by atoms with Gasteiger partial charge >= 0.3 is 0 Å². The Bertz CT molecular complexity index is 1510. The van der Waals surface area contributed by atoms with Crippen LogP contribution in [0.2, 0.25) is 0 Å². The summed E-state index contributed by atoms with van der Waals surface area (Å²) >= 11 is 0. The first-order valence-corrected chi connectivity index (χ1v) is 10.9. The molecule has 1 fully saturated rings. The largest absolute Gasteiger partial charge is 0.369 e. The van der Waals surface area contributed by atoms with Gasteiger partial charge < -0.3 is 10.7 Å². The Hall–Kier alpha value is -4.14. The Morgan fingerprint density at radius 3 is 2.35 bits per heavy atom. The number of nitrogens with zero attached hydrogens (tertiary/aromatic N) is 4. The van der Waals surface area contributed by atoms with Crippen LogP contribution in [0.1, 0.15) is 12.8 Å². The van der Waals surface area contributed by atoms with Crippen LogP contribution in [-0.2, 0) is 6.54 Å². The summed E-state index contributed by atoms with van der Waals surface area (Å²) < 4.78 is 44.5. The highest BCUT2D eigenvalue weighted by Gasteiger charge is 2.25. The van der Waals surface area contributed by atoms with Crippen molar-refractivity contribution in [3.05, 3.63) is 72.0 Å². The number of rotatable bonds is 5. The van der Waals surface area contributed by atoms with Crippen molar-refractivity contribution >= 4 is 17.1 Å². The molecule has 6 rings (SSSR count). The summed E-state index contributed by atoms with van der Waals surface area (Å²) in [6.45, 7) is 0.734. The van der Waals surface area contributed by atoms with E-state index in [9.17, 15) is 13.2 Å². The molecule has 3 aromatic heterocycles. The summed E-state index contributed by atoms with van der Waals surface area (Å²) in [5.41, 5.74) is 9.06. The molecule has 170 valence electrons. The third-order valence-electron chi connectivity index (χ3n) is 6.04. The van der Waals surface area contributed by atoms with Gasteiger partial charge in [-0.15, -0.1) is 0 Å². The van der Waals surface area contributed by atoms with Crippen LogP contribution in [0.5, 0.6) is 0 Å². The molecule has 3 N–H and O–H groups in total. The third-order valence-corrected chi connectivity index (χ3v) is 6.04. The fourth-order valence-corrected chi connectivity index (χ4v) is 4.11. The molecule has 1 saturated carbocycles. The molecular formula is C25H19F3N6. The van der Waals surface area contributed by atoms with Gasteiger partial charge in [-0.1, -0.05) is 6.07 Å². The highest BCUT2D eigenvalue weighted by Crippen LogP contribution is 2.36. The second kappa shape index (κ2) is 7.72. The van der Waals surface area contributed by atoms with E-state index in [1.54, 1.807) is 24.3 Å². The molecule has 0 unspecified atom stereocenters. The van der Waals surface area contributed by atoms with E-state index >= 15 is 0 Å². The molecule has 5 aromatic rings. The number of nitrogens with two attached hydrogens (primary N) is 1. The van der Waals surface area contributed by atoms with Crippen molar-refractivity contribution in [3.63, 3.8) is 0 Å². The number of imidazole rings is 2. The summed E-state index contributed by atoms with van der Waals surface area (Å²) in [6, 6.07) is 12.9.